The highest BCUT2D eigenvalue weighted by molar-refractivity contribution is 6.02. The number of carbonyl (C=O) groups is 3. The summed E-state index contributed by atoms with van der Waals surface area (Å²) in [4.78, 5) is 47.6. The number of fused-ring (bicyclic) bond motifs is 1. The van der Waals surface area contributed by atoms with Crippen molar-refractivity contribution >= 4 is 29.2 Å². The van der Waals surface area contributed by atoms with Crippen molar-refractivity contribution in [3.63, 3.8) is 0 Å². The van der Waals surface area contributed by atoms with E-state index >= 15 is 0 Å². The summed E-state index contributed by atoms with van der Waals surface area (Å²) in [5, 5.41) is 16.6. The van der Waals surface area contributed by atoms with Crippen LogP contribution in [-0.4, -0.2) is 75.4 Å². The number of ether oxygens (including phenoxy) is 1. The average Bonchev–Trinajstić information content (AvgIpc) is 3.54. The Labute approximate surface area is 255 Å². The molecule has 1 fully saturated rings. The molecule has 6 rings (SSSR count). The number of methoxy groups -OCH3 is 1. The Kier molecular flexibility index (Phi) is 8.12. The summed E-state index contributed by atoms with van der Waals surface area (Å²) >= 11 is 0. The van der Waals surface area contributed by atoms with E-state index in [1.807, 2.05) is 31.2 Å². The molecular weight excluding hydrogens is 560 g/mol. The molecule has 1 atom stereocenters. The first-order valence-corrected chi connectivity index (χ1v) is 14.6. The van der Waals surface area contributed by atoms with Crippen molar-refractivity contribution in [3.05, 3.63) is 101 Å². The molecule has 44 heavy (non-hydrogen) atoms. The highest BCUT2D eigenvalue weighted by atomic mass is 16.5. The van der Waals surface area contributed by atoms with Crippen LogP contribution in [0.25, 0.3) is 5.69 Å². The number of anilines is 2. The molecule has 11 nitrogen and oxygen atoms in total. The zero-order valence-corrected chi connectivity index (χ0v) is 24.6. The number of aromatic carboxylic acids is 1. The van der Waals surface area contributed by atoms with Crippen LogP contribution in [-0.2, 0) is 16.0 Å². The van der Waals surface area contributed by atoms with Gasteiger partial charge in [0, 0.05) is 56.2 Å². The second kappa shape index (κ2) is 12.3. The topological polar surface area (TPSA) is 130 Å². The first kappa shape index (κ1) is 29.1. The van der Waals surface area contributed by atoms with Crippen molar-refractivity contribution in [1.29, 1.82) is 0 Å². The van der Waals surface area contributed by atoms with E-state index in [1.54, 1.807) is 41.2 Å². The van der Waals surface area contributed by atoms with Gasteiger partial charge in [0.1, 0.15) is 6.04 Å². The number of aromatic nitrogens is 3. The SMILES string of the molecule is COC1CCN(c2cccc3c2CCN(C(=O)c2cnn(-c4ccnc(C)c4)c2)C3C(=O)Nc2ccc(C(=O)O)cc2)CC1. The van der Waals surface area contributed by atoms with Crippen LogP contribution in [0.15, 0.2) is 73.2 Å². The molecule has 1 saturated heterocycles. The molecular formula is C33H34N6O5. The number of nitrogens with zero attached hydrogens (tertiary/aromatic N) is 5. The van der Waals surface area contributed by atoms with Gasteiger partial charge in [-0.3, -0.25) is 14.6 Å². The quantitative estimate of drug-likeness (QED) is 0.325. The van der Waals surface area contributed by atoms with Gasteiger partial charge in [0.05, 0.1) is 29.1 Å². The fourth-order valence-electron chi connectivity index (χ4n) is 6.10. The first-order valence-electron chi connectivity index (χ1n) is 14.6. The van der Waals surface area contributed by atoms with Gasteiger partial charge in [-0.2, -0.15) is 5.10 Å². The fraction of sp³-hybridized carbons (Fsp3) is 0.303. The average molecular weight is 595 g/mol. The van der Waals surface area contributed by atoms with E-state index in [9.17, 15) is 19.5 Å². The van der Waals surface area contributed by atoms with Gasteiger partial charge in [-0.05, 0) is 79.8 Å². The smallest absolute Gasteiger partial charge is 0.335 e. The molecule has 2 aromatic heterocycles. The molecule has 11 heteroatoms. The third-order valence-corrected chi connectivity index (χ3v) is 8.40. The van der Waals surface area contributed by atoms with Crippen LogP contribution in [0.1, 0.15) is 56.4 Å². The van der Waals surface area contributed by atoms with Gasteiger partial charge in [-0.1, -0.05) is 12.1 Å². The van der Waals surface area contributed by atoms with E-state index in [-0.39, 0.29) is 23.5 Å². The lowest BCUT2D eigenvalue weighted by molar-refractivity contribution is -0.121. The van der Waals surface area contributed by atoms with Gasteiger partial charge in [0.25, 0.3) is 11.8 Å². The Hall–Kier alpha value is -5.03. The molecule has 4 aromatic rings. The molecule has 0 radical (unpaired) electrons. The number of amides is 2. The molecule has 0 bridgehead atoms. The summed E-state index contributed by atoms with van der Waals surface area (Å²) in [6, 6.07) is 14.7. The molecule has 2 N–H and O–H groups in total. The van der Waals surface area contributed by atoms with Gasteiger partial charge in [0.15, 0.2) is 0 Å². The standard InChI is InChI=1S/C33H34N6O5/c1-21-18-25(10-14-34-21)39-20-23(19-35-39)32(41)38-17-13-27-28(4-3-5-29(27)37-15-11-26(44-2)12-16-37)30(38)31(40)36-24-8-6-22(7-9-24)33(42)43/h3-10,14,18-20,26,30H,11-13,15-17H2,1-2H3,(H,36,40)(H,42,43). The second-order valence-corrected chi connectivity index (χ2v) is 11.1. The minimum Gasteiger partial charge on any atom is -0.478 e. The number of piperidine rings is 1. The van der Waals surface area contributed by atoms with Crippen LogP contribution in [0.5, 0.6) is 0 Å². The first-order chi connectivity index (χ1) is 21.3. The Bertz CT molecular complexity index is 1690. The molecule has 4 heterocycles. The lowest BCUT2D eigenvalue weighted by atomic mass is 9.89. The second-order valence-electron chi connectivity index (χ2n) is 11.1. The van der Waals surface area contributed by atoms with Crippen LogP contribution in [0.4, 0.5) is 11.4 Å². The monoisotopic (exact) mass is 594 g/mol. The van der Waals surface area contributed by atoms with E-state index in [4.69, 9.17) is 4.74 Å². The number of benzene rings is 2. The van der Waals surface area contributed by atoms with E-state index in [0.29, 0.717) is 24.2 Å². The van der Waals surface area contributed by atoms with Gasteiger partial charge < -0.3 is 25.0 Å². The largest absolute Gasteiger partial charge is 0.478 e. The number of nitrogens with one attached hydrogen (secondary N) is 1. The van der Waals surface area contributed by atoms with E-state index in [1.165, 1.54) is 18.3 Å². The normalized spacial score (nSPS) is 16.8. The maximum atomic E-state index is 14.1. The van der Waals surface area contributed by atoms with E-state index in [0.717, 1.165) is 54.1 Å². The summed E-state index contributed by atoms with van der Waals surface area (Å²) in [6.07, 6.45) is 7.54. The summed E-state index contributed by atoms with van der Waals surface area (Å²) in [5.41, 5.74) is 5.43. The van der Waals surface area contributed by atoms with Gasteiger partial charge in [-0.15, -0.1) is 0 Å². The van der Waals surface area contributed by atoms with Crippen molar-refractivity contribution in [1.82, 2.24) is 19.7 Å². The molecule has 0 spiro atoms. The number of hydrogen-bond donors (Lipinski definition) is 2. The Morgan fingerprint density at radius 3 is 2.48 bits per heavy atom. The molecule has 2 aliphatic heterocycles. The van der Waals surface area contributed by atoms with Crippen molar-refractivity contribution in [2.24, 2.45) is 0 Å². The lowest BCUT2D eigenvalue weighted by Gasteiger charge is -2.40. The highest BCUT2D eigenvalue weighted by Crippen LogP contribution is 2.38. The Morgan fingerprint density at radius 2 is 1.77 bits per heavy atom. The summed E-state index contributed by atoms with van der Waals surface area (Å²) in [6.45, 7) is 3.92. The molecule has 0 saturated carbocycles. The third-order valence-electron chi connectivity index (χ3n) is 8.40. The van der Waals surface area contributed by atoms with Crippen molar-refractivity contribution < 1.29 is 24.2 Å². The van der Waals surface area contributed by atoms with Crippen molar-refractivity contribution in [3.8, 4) is 5.69 Å². The minimum atomic E-state index is -1.05. The Morgan fingerprint density at radius 1 is 1.00 bits per heavy atom. The number of aryl methyl sites for hydroxylation is 1. The van der Waals surface area contributed by atoms with E-state index in [2.05, 4.69) is 26.4 Å². The summed E-state index contributed by atoms with van der Waals surface area (Å²) in [5.74, 6) is -1.74. The highest BCUT2D eigenvalue weighted by Gasteiger charge is 2.38. The molecule has 2 aliphatic rings. The fourth-order valence-corrected chi connectivity index (χ4v) is 6.10. The van der Waals surface area contributed by atoms with Crippen LogP contribution < -0.4 is 10.2 Å². The predicted molar refractivity (Wildman–Crippen MR) is 164 cm³/mol. The van der Waals surface area contributed by atoms with Crippen LogP contribution >= 0.6 is 0 Å². The summed E-state index contributed by atoms with van der Waals surface area (Å²) < 4.78 is 7.19. The van der Waals surface area contributed by atoms with Gasteiger partial charge in [-0.25, -0.2) is 9.48 Å². The molecule has 226 valence electrons. The number of carbonyl (C=O) groups excluding carboxylic acids is 2. The van der Waals surface area contributed by atoms with Crippen molar-refractivity contribution in [2.45, 2.75) is 38.3 Å². The van der Waals surface area contributed by atoms with Crippen LogP contribution in [0, 0.1) is 6.92 Å². The van der Waals surface area contributed by atoms with E-state index < -0.39 is 12.0 Å². The minimum absolute atomic E-state index is 0.117. The van der Waals surface area contributed by atoms with Gasteiger partial charge in [0.2, 0.25) is 0 Å². The molecule has 0 aliphatic carbocycles. The summed E-state index contributed by atoms with van der Waals surface area (Å²) in [7, 11) is 1.75. The number of carboxylic acids is 1. The van der Waals surface area contributed by atoms with Crippen molar-refractivity contribution in [2.75, 3.05) is 37.0 Å². The number of hydrogen-bond acceptors (Lipinski definition) is 7. The lowest BCUT2D eigenvalue weighted by Crippen LogP contribution is -2.46. The maximum absolute atomic E-state index is 14.1. The molecule has 1 unspecified atom stereocenters. The number of pyridine rings is 1. The zero-order valence-electron chi connectivity index (χ0n) is 24.6. The number of rotatable bonds is 7. The maximum Gasteiger partial charge on any atom is 0.335 e. The van der Waals surface area contributed by atoms with Crippen LogP contribution in [0.3, 0.4) is 0 Å². The Balaban J connectivity index is 1.34. The third kappa shape index (κ3) is 5.78. The zero-order chi connectivity index (χ0) is 30.8. The van der Waals surface area contributed by atoms with Crippen LogP contribution in [0.2, 0.25) is 0 Å². The predicted octanol–water partition coefficient (Wildman–Crippen LogP) is 4.27. The van der Waals surface area contributed by atoms with Gasteiger partial charge >= 0.3 is 5.97 Å². The number of carboxylic acid groups (broad SMARTS) is 1. The molecule has 2 aromatic carbocycles. The molecule has 2 amide bonds.